The zero-order chi connectivity index (χ0) is 20.7. The summed E-state index contributed by atoms with van der Waals surface area (Å²) >= 11 is 6.23. The number of carbonyl (C=O) groups is 2. The highest BCUT2D eigenvalue weighted by molar-refractivity contribution is 6.31. The van der Waals surface area contributed by atoms with Crippen molar-refractivity contribution in [2.45, 2.75) is 52.1 Å². The number of nitrogens with one attached hydrogen (secondary N) is 1. The van der Waals surface area contributed by atoms with E-state index in [0.717, 1.165) is 11.1 Å². The van der Waals surface area contributed by atoms with Crippen LogP contribution in [0.2, 0.25) is 5.02 Å². The van der Waals surface area contributed by atoms with Gasteiger partial charge in [0.2, 0.25) is 11.8 Å². The van der Waals surface area contributed by atoms with E-state index < -0.39 is 6.04 Å². The smallest absolute Gasteiger partial charge is 0.242 e. The highest BCUT2D eigenvalue weighted by atomic mass is 35.5. The molecule has 0 heterocycles. The molecule has 0 saturated carbocycles. The van der Waals surface area contributed by atoms with Crippen LogP contribution in [-0.4, -0.2) is 34.8 Å². The van der Waals surface area contributed by atoms with Crippen LogP contribution >= 0.6 is 11.6 Å². The Morgan fingerprint density at radius 1 is 1.04 bits per heavy atom. The van der Waals surface area contributed by atoms with Gasteiger partial charge in [-0.05, 0) is 51.3 Å². The summed E-state index contributed by atoms with van der Waals surface area (Å²) in [7, 11) is 0. The SMILES string of the molecule is C[C@@H](C(=O)NC(C)(C)C)N(CCc1ccccc1)C(=O)Cc1ccccc1Cl. The van der Waals surface area contributed by atoms with E-state index in [1.54, 1.807) is 17.9 Å². The Hall–Kier alpha value is -2.33. The molecule has 0 spiro atoms. The van der Waals surface area contributed by atoms with Crippen molar-refractivity contribution in [3.05, 3.63) is 70.7 Å². The molecule has 2 amide bonds. The van der Waals surface area contributed by atoms with Crippen molar-refractivity contribution in [3.8, 4) is 0 Å². The van der Waals surface area contributed by atoms with Gasteiger partial charge in [0, 0.05) is 17.1 Å². The molecule has 0 bridgehead atoms. The Morgan fingerprint density at radius 2 is 1.64 bits per heavy atom. The molecule has 2 aromatic carbocycles. The second kappa shape index (κ2) is 9.74. The zero-order valence-electron chi connectivity index (χ0n) is 17.0. The topological polar surface area (TPSA) is 49.4 Å². The first-order chi connectivity index (χ1) is 13.2. The van der Waals surface area contributed by atoms with E-state index in [9.17, 15) is 9.59 Å². The van der Waals surface area contributed by atoms with Gasteiger partial charge >= 0.3 is 0 Å². The molecule has 0 aliphatic rings. The fourth-order valence-corrected chi connectivity index (χ4v) is 3.15. The van der Waals surface area contributed by atoms with E-state index in [1.165, 1.54) is 0 Å². The number of carbonyl (C=O) groups excluding carboxylic acids is 2. The van der Waals surface area contributed by atoms with Crippen LogP contribution < -0.4 is 5.32 Å². The van der Waals surface area contributed by atoms with Crippen LogP contribution in [0.15, 0.2) is 54.6 Å². The van der Waals surface area contributed by atoms with Gasteiger partial charge in [-0.3, -0.25) is 9.59 Å². The number of halogens is 1. The van der Waals surface area contributed by atoms with E-state index in [-0.39, 0.29) is 23.8 Å². The van der Waals surface area contributed by atoms with Crippen molar-refractivity contribution in [1.29, 1.82) is 0 Å². The number of hydrogen-bond donors (Lipinski definition) is 1. The van der Waals surface area contributed by atoms with Crippen LogP contribution in [0.25, 0.3) is 0 Å². The normalized spacial score (nSPS) is 12.3. The van der Waals surface area contributed by atoms with E-state index in [1.807, 2.05) is 69.3 Å². The highest BCUT2D eigenvalue weighted by Crippen LogP contribution is 2.17. The summed E-state index contributed by atoms with van der Waals surface area (Å²) in [5.74, 6) is -0.270. The Balaban J connectivity index is 2.17. The fraction of sp³-hybridized carbons (Fsp3) is 0.391. The molecular formula is C23H29ClN2O2. The van der Waals surface area contributed by atoms with Crippen LogP contribution in [-0.2, 0) is 22.4 Å². The summed E-state index contributed by atoms with van der Waals surface area (Å²) in [4.78, 5) is 27.4. The first kappa shape index (κ1) is 22.0. The lowest BCUT2D eigenvalue weighted by molar-refractivity contribution is -0.140. The molecule has 0 fully saturated rings. The minimum atomic E-state index is -0.571. The van der Waals surface area contributed by atoms with Crippen molar-refractivity contribution >= 4 is 23.4 Å². The van der Waals surface area contributed by atoms with Crippen molar-refractivity contribution in [2.75, 3.05) is 6.54 Å². The second-order valence-corrected chi connectivity index (χ2v) is 8.41. The predicted molar refractivity (Wildman–Crippen MR) is 114 cm³/mol. The van der Waals surface area contributed by atoms with Crippen LogP contribution in [0.1, 0.15) is 38.8 Å². The maximum absolute atomic E-state index is 13.1. The van der Waals surface area contributed by atoms with Gasteiger partial charge < -0.3 is 10.2 Å². The first-order valence-electron chi connectivity index (χ1n) is 9.56. The van der Waals surface area contributed by atoms with Crippen molar-refractivity contribution in [1.82, 2.24) is 10.2 Å². The number of benzene rings is 2. The Morgan fingerprint density at radius 3 is 2.25 bits per heavy atom. The molecular weight excluding hydrogens is 372 g/mol. The first-order valence-corrected chi connectivity index (χ1v) is 9.94. The molecule has 0 aromatic heterocycles. The molecule has 0 radical (unpaired) electrons. The molecule has 4 nitrogen and oxygen atoms in total. The lowest BCUT2D eigenvalue weighted by Crippen LogP contribution is -2.53. The quantitative estimate of drug-likeness (QED) is 0.755. The average Bonchev–Trinajstić information content (AvgIpc) is 2.63. The number of hydrogen-bond acceptors (Lipinski definition) is 2. The van der Waals surface area contributed by atoms with Crippen LogP contribution in [0.4, 0.5) is 0 Å². The van der Waals surface area contributed by atoms with Gasteiger partial charge in [-0.2, -0.15) is 0 Å². The molecule has 0 aliphatic carbocycles. The zero-order valence-corrected chi connectivity index (χ0v) is 17.8. The monoisotopic (exact) mass is 400 g/mol. The minimum Gasteiger partial charge on any atom is -0.350 e. The fourth-order valence-electron chi connectivity index (χ4n) is 2.95. The number of amides is 2. The van der Waals surface area contributed by atoms with Crippen LogP contribution in [0.5, 0.6) is 0 Å². The summed E-state index contributed by atoms with van der Waals surface area (Å²) in [5.41, 5.74) is 1.53. The molecule has 5 heteroatoms. The van der Waals surface area contributed by atoms with E-state index in [0.29, 0.717) is 18.0 Å². The summed E-state index contributed by atoms with van der Waals surface area (Å²) in [6.45, 7) is 8.02. The summed E-state index contributed by atoms with van der Waals surface area (Å²) in [6.07, 6.45) is 0.851. The van der Waals surface area contributed by atoms with E-state index >= 15 is 0 Å². The molecule has 150 valence electrons. The standard InChI is InChI=1S/C23H29ClN2O2/c1-17(22(28)25-23(2,3)4)26(15-14-18-10-6-5-7-11-18)21(27)16-19-12-8-9-13-20(19)24/h5-13,17H,14-16H2,1-4H3,(H,25,28)/t17-/m0/s1. The molecule has 28 heavy (non-hydrogen) atoms. The van der Waals surface area contributed by atoms with Crippen LogP contribution in [0.3, 0.4) is 0 Å². The highest BCUT2D eigenvalue weighted by Gasteiger charge is 2.28. The third-order valence-electron chi connectivity index (χ3n) is 4.45. The van der Waals surface area contributed by atoms with Gasteiger partial charge in [-0.1, -0.05) is 60.1 Å². The Labute approximate surface area is 172 Å². The number of nitrogens with zero attached hydrogens (tertiary/aromatic N) is 1. The second-order valence-electron chi connectivity index (χ2n) is 8.01. The lowest BCUT2D eigenvalue weighted by atomic mass is 10.1. The van der Waals surface area contributed by atoms with Crippen LogP contribution in [0, 0.1) is 0 Å². The molecule has 1 atom stereocenters. The van der Waals surface area contributed by atoms with Gasteiger partial charge in [-0.15, -0.1) is 0 Å². The number of rotatable bonds is 7. The largest absolute Gasteiger partial charge is 0.350 e. The van der Waals surface area contributed by atoms with E-state index in [4.69, 9.17) is 11.6 Å². The summed E-state index contributed by atoms with van der Waals surface area (Å²) in [6, 6.07) is 16.7. The van der Waals surface area contributed by atoms with Gasteiger partial charge in [0.15, 0.2) is 0 Å². The predicted octanol–water partition coefficient (Wildman–Crippen LogP) is 4.26. The Bertz CT molecular complexity index is 800. The lowest BCUT2D eigenvalue weighted by Gasteiger charge is -2.31. The molecule has 2 rings (SSSR count). The van der Waals surface area contributed by atoms with Gasteiger partial charge in [0.05, 0.1) is 6.42 Å². The maximum atomic E-state index is 13.1. The molecule has 0 saturated heterocycles. The summed E-state index contributed by atoms with van der Waals surface area (Å²) < 4.78 is 0. The molecule has 0 aliphatic heterocycles. The Kier molecular flexibility index (Phi) is 7.64. The van der Waals surface area contributed by atoms with Gasteiger partial charge in [0.25, 0.3) is 0 Å². The van der Waals surface area contributed by atoms with Gasteiger partial charge in [0.1, 0.15) is 6.04 Å². The van der Waals surface area contributed by atoms with E-state index in [2.05, 4.69) is 5.32 Å². The third kappa shape index (κ3) is 6.68. The summed E-state index contributed by atoms with van der Waals surface area (Å²) in [5, 5.41) is 3.53. The van der Waals surface area contributed by atoms with Crippen molar-refractivity contribution in [3.63, 3.8) is 0 Å². The van der Waals surface area contributed by atoms with Crippen molar-refractivity contribution < 1.29 is 9.59 Å². The molecule has 0 unspecified atom stereocenters. The minimum absolute atomic E-state index is 0.111. The average molecular weight is 401 g/mol. The maximum Gasteiger partial charge on any atom is 0.242 e. The van der Waals surface area contributed by atoms with Crippen molar-refractivity contribution in [2.24, 2.45) is 0 Å². The molecule has 2 aromatic rings. The molecule has 1 N–H and O–H groups in total. The van der Waals surface area contributed by atoms with Gasteiger partial charge in [-0.25, -0.2) is 0 Å². The third-order valence-corrected chi connectivity index (χ3v) is 4.82.